The van der Waals surface area contributed by atoms with E-state index in [1.807, 2.05) is 0 Å². The summed E-state index contributed by atoms with van der Waals surface area (Å²) in [6, 6.07) is 0. The average Bonchev–Trinajstić information content (AvgIpc) is 4.09. The van der Waals surface area contributed by atoms with Gasteiger partial charge in [-0.1, -0.05) is 0 Å². The van der Waals surface area contributed by atoms with Gasteiger partial charge in [0.2, 0.25) is 0 Å². The van der Waals surface area contributed by atoms with Crippen LogP contribution in [0.2, 0.25) is 0 Å². The molecular weight excluding hydrogens is 1040 g/mol. The van der Waals surface area contributed by atoms with E-state index < -0.39 is 63.3 Å². The molecule has 4 aliphatic heterocycles. The van der Waals surface area contributed by atoms with Gasteiger partial charge in [0.15, 0.2) is 0 Å². The van der Waals surface area contributed by atoms with Crippen LogP contribution in [-0.2, 0) is 110 Å². The number of amides is 8. The average molecular weight is 1100 g/mol. The summed E-state index contributed by atoms with van der Waals surface area (Å²) in [6.45, 7) is 6.54. The summed E-state index contributed by atoms with van der Waals surface area (Å²) >= 11 is 0. The number of ether oxygens (including phenoxy) is 8. The molecule has 4 heterocycles. The van der Waals surface area contributed by atoms with Crippen LogP contribution >= 0.6 is 0 Å². The Morgan fingerprint density at radius 2 is 0.921 bits per heavy atom. The fraction of sp³-hybridized carbons (Fsp3) is 0.681. The first-order valence-corrected chi connectivity index (χ1v) is 26.2. The summed E-state index contributed by atoms with van der Waals surface area (Å²) in [7, 11) is -5.02. The van der Waals surface area contributed by atoms with Crippen LogP contribution in [0.3, 0.4) is 0 Å². The fourth-order valence-corrected chi connectivity index (χ4v) is 8.19. The summed E-state index contributed by atoms with van der Waals surface area (Å²) < 4.78 is 76.2. The zero-order valence-corrected chi connectivity index (χ0v) is 42.9. The number of imide groups is 4. The molecule has 3 fully saturated rings. The van der Waals surface area contributed by atoms with E-state index in [-0.39, 0.29) is 92.4 Å². The number of hydroxylamine groups is 4. The van der Waals surface area contributed by atoms with E-state index in [4.69, 9.17) is 47.6 Å². The molecule has 1 unspecified atom stereocenters. The molecule has 2 saturated heterocycles. The van der Waals surface area contributed by atoms with Crippen molar-refractivity contribution in [3.63, 3.8) is 0 Å². The van der Waals surface area contributed by atoms with Crippen molar-refractivity contribution in [3.05, 3.63) is 24.3 Å². The van der Waals surface area contributed by atoms with Crippen LogP contribution in [0.1, 0.15) is 70.6 Å². The Balaban J connectivity index is 0.000000375. The molecule has 1 saturated carbocycles. The second-order valence-corrected chi connectivity index (χ2v) is 18.8. The van der Waals surface area contributed by atoms with Crippen molar-refractivity contribution in [2.45, 2.75) is 75.9 Å². The maximum atomic E-state index is 12.2. The van der Waals surface area contributed by atoms with Crippen LogP contribution in [0.4, 0.5) is 0 Å². The van der Waals surface area contributed by atoms with Gasteiger partial charge in [0.25, 0.3) is 47.3 Å². The molecule has 8 amide bonds. The molecule has 0 aromatic heterocycles. The van der Waals surface area contributed by atoms with Crippen molar-refractivity contribution < 1.29 is 113 Å². The summed E-state index contributed by atoms with van der Waals surface area (Å²) in [5, 5.41) is -1.51. The second-order valence-electron chi connectivity index (χ2n) is 17.2. The van der Waals surface area contributed by atoms with Crippen molar-refractivity contribution >= 4 is 75.1 Å². The molecular formula is C47H65N4O24S-. The van der Waals surface area contributed by atoms with Gasteiger partial charge in [0, 0.05) is 69.7 Å². The lowest BCUT2D eigenvalue weighted by Crippen LogP contribution is -2.40. The molecule has 76 heavy (non-hydrogen) atoms. The summed E-state index contributed by atoms with van der Waals surface area (Å²) in [5.41, 5.74) is 0. The van der Waals surface area contributed by atoms with Gasteiger partial charge in [-0.15, -0.1) is 10.1 Å². The maximum Gasteiger partial charge on any atom is 0.336 e. The lowest BCUT2D eigenvalue weighted by atomic mass is 9.82. The zero-order valence-electron chi connectivity index (χ0n) is 42.0. The largest absolute Gasteiger partial charge is 0.747 e. The summed E-state index contributed by atoms with van der Waals surface area (Å²) in [4.78, 5) is 140. The zero-order chi connectivity index (χ0) is 55.3. The van der Waals surface area contributed by atoms with Crippen LogP contribution in [0, 0.1) is 11.8 Å². The molecule has 5 rings (SSSR count). The Labute approximate surface area is 438 Å². The van der Waals surface area contributed by atoms with Gasteiger partial charge in [-0.3, -0.25) is 53.0 Å². The first-order chi connectivity index (χ1) is 36.5. The lowest BCUT2D eigenvalue weighted by molar-refractivity contribution is -0.201. The van der Waals surface area contributed by atoms with Crippen LogP contribution in [-0.4, -0.2) is 222 Å². The minimum atomic E-state index is -5.02. The molecule has 5 aliphatic rings. The monoisotopic (exact) mass is 1100 g/mol. The van der Waals surface area contributed by atoms with E-state index in [9.17, 15) is 65.7 Å². The highest BCUT2D eigenvalue weighted by molar-refractivity contribution is 7.87. The molecule has 1 atom stereocenters. The summed E-state index contributed by atoms with van der Waals surface area (Å²) in [6.07, 6.45) is 6.79. The molecule has 0 aromatic carbocycles. The first kappa shape index (κ1) is 62.8. The highest BCUT2D eigenvalue weighted by atomic mass is 32.2. The molecule has 0 N–H and O–H groups in total. The van der Waals surface area contributed by atoms with E-state index in [2.05, 4.69) is 0 Å². The van der Waals surface area contributed by atoms with Crippen LogP contribution in [0.5, 0.6) is 0 Å². The van der Waals surface area contributed by atoms with Gasteiger partial charge in [-0.25, -0.2) is 18.0 Å². The van der Waals surface area contributed by atoms with Gasteiger partial charge < -0.3 is 52.1 Å². The van der Waals surface area contributed by atoms with Gasteiger partial charge in [-0.2, -0.15) is 0 Å². The van der Waals surface area contributed by atoms with E-state index in [1.54, 1.807) is 0 Å². The normalized spacial score (nSPS) is 19.7. The van der Waals surface area contributed by atoms with Gasteiger partial charge in [0.05, 0.1) is 118 Å². The highest BCUT2D eigenvalue weighted by Crippen LogP contribution is 2.32. The predicted molar refractivity (Wildman–Crippen MR) is 250 cm³/mol. The lowest BCUT2D eigenvalue weighted by Gasteiger charge is -2.29. The third-order valence-corrected chi connectivity index (χ3v) is 12.7. The molecule has 0 bridgehead atoms. The minimum Gasteiger partial charge on any atom is -0.747 e. The molecule has 1 aliphatic carbocycles. The SMILES string of the molecule is O=C(CCCOCCOCCOCCOCCOCCOCCOCCOCCC(=O)ON1C(=O)CCC1=O)CCN1C(=O)C=CC1=O.O=C(ON1C(=O)CC(S(=O)(=O)[O-])C1=O)C1CCC(CN2C(=O)C=CC2=O)CC1. The fourth-order valence-electron chi connectivity index (χ4n) is 7.51. The Hall–Kier alpha value is -5.76. The van der Waals surface area contributed by atoms with Crippen molar-refractivity contribution in [2.75, 3.05) is 119 Å². The van der Waals surface area contributed by atoms with Gasteiger partial charge in [0.1, 0.15) is 21.2 Å². The topological polar surface area (TPSA) is 350 Å². The van der Waals surface area contributed by atoms with Gasteiger partial charge in [-0.05, 0) is 38.0 Å². The number of ketones is 1. The number of rotatable bonds is 37. The van der Waals surface area contributed by atoms with Crippen LogP contribution in [0.15, 0.2) is 24.3 Å². The van der Waals surface area contributed by atoms with E-state index in [0.29, 0.717) is 136 Å². The van der Waals surface area contributed by atoms with Crippen molar-refractivity contribution in [1.82, 2.24) is 19.9 Å². The van der Waals surface area contributed by atoms with E-state index in [1.165, 1.54) is 24.3 Å². The number of Topliss-reactive ketones (excluding diaryl/α,β-unsaturated/α-hetero) is 1. The Morgan fingerprint density at radius 1 is 0.500 bits per heavy atom. The smallest absolute Gasteiger partial charge is 0.336 e. The summed E-state index contributed by atoms with van der Waals surface area (Å²) in [5.74, 6) is -7.15. The minimum absolute atomic E-state index is 0.0149. The standard InChI is InChI=1S/C31H48N2O15.C16H18N2O9S/c34-26(7-9-32-27(35)3-4-28(32)36)2-1-10-40-12-14-42-16-18-44-20-22-46-24-25-47-23-21-45-19-17-43-15-13-41-11-8-31(39)48-33-29(37)5-6-30(33)38;19-12-5-6-13(20)17(12)8-9-1-3-10(4-2-9)16(23)27-18-14(21)7-11(15(18)22)28(24,25)26/h3-4H,1-2,5-25H2;5-6,9-11H,1-4,7-8H2,(H,24,25,26)/p-1. The number of nitrogens with zero attached hydrogens (tertiary/aromatic N) is 4. The quantitative estimate of drug-likeness (QED) is 0.0393. The number of hydrogen-bond acceptors (Lipinski definition) is 24. The Morgan fingerprint density at radius 3 is 1.36 bits per heavy atom. The number of carbonyl (C=O) groups excluding carboxylic acids is 11. The number of carbonyl (C=O) groups is 11. The van der Waals surface area contributed by atoms with Gasteiger partial charge >= 0.3 is 11.9 Å². The predicted octanol–water partition coefficient (Wildman–Crippen LogP) is -1.37. The third kappa shape index (κ3) is 22.8. The Bertz CT molecular complexity index is 2140. The Kier molecular flexibility index (Phi) is 28.2. The molecule has 28 nitrogen and oxygen atoms in total. The molecule has 0 aromatic rings. The van der Waals surface area contributed by atoms with E-state index in [0.717, 1.165) is 9.80 Å². The molecule has 29 heteroatoms. The molecule has 424 valence electrons. The molecule has 0 radical (unpaired) electrons. The van der Waals surface area contributed by atoms with Crippen LogP contribution in [0.25, 0.3) is 0 Å². The van der Waals surface area contributed by atoms with Crippen molar-refractivity contribution in [2.24, 2.45) is 11.8 Å². The first-order valence-electron chi connectivity index (χ1n) is 24.8. The number of hydrogen-bond donors (Lipinski definition) is 0. The van der Waals surface area contributed by atoms with Crippen LogP contribution < -0.4 is 0 Å². The van der Waals surface area contributed by atoms with Crippen molar-refractivity contribution in [3.8, 4) is 0 Å². The highest BCUT2D eigenvalue weighted by Gasteiger charge is 2.46. The van der Waals surface area contributed by atoms with Crippen molar-refractivity contribution in [1.29, 1.82) is 0 Å². The maximum absolute atomic E-state index is 12.2. The van der Waals surface area contributed by atoms with E-state index >= 15 is 0 Å². The second kappa shape index (κ2) is 34.1. The molecule has 0 spiro atoms. The third-order valence-electron chi connectivity index (χ3n) is 11.6.